The van der Waals surface area contributed by atoms with Gasteiger partial charge in [0.25, 0.3) is 5.22 Å². The topological polar surface area (TPSA) is 306 Å². The summed E-state index contributed by atoms with van der Waals surface area (Å²) in [4.78, 5) is 139. The van der Waals surface area contributed by atoms with Crippen molar-refractivity contribution in [2.45, 2.75) is 204 Å². The molecule has 0 radical (unpaired) electrons. The quantitative estimate of drug-likeness (QED) is 0.0767. The van der Waals surface area contributed by atoms with Gasteiger partial charge in [-0.05, 0) is 197 Å². The molecule has 12 aliphatic carbocycles. The fourth-order valence-corrected chi connectivity index (χ4v) is 26.8. The summed E-state index contributed by atoms with van der Waals surface area (Å²) in [6.07, 6.45) is 19.7. The van der Waals surface area contributed by atoms with Crippen molar-refractivity contribution in [1.29, 1.82) is 0 Å². The summed E-state index contributed by atoms with van der Waals surface area (Å²) in [5, 5.41) is 40.4. The van der Waals surface area contributed by atoms with Crippen LogP contribution in [-0.2, 0) is 43.2 Å². The van der Waals surface area contributed by atoms with E-state index in [0.29, 0.717) is 71.7 Å². The Morgan fingerprint density at radius 1 is 0.523 bits per heavy atom. The van der Waals surface area contributed by atoms with Crippen LogP contribution in [0.1, 0.15) is 182 Å². The number of ketones is 9. The van der Waals surface area contributed by atoms with Crippen molar-refractivity contribution in [2.24, 2.45) is 90.7 Å². The first-order valence-corrected chi connectivity index (χ1v) is 41.6. The third-order valence-electron chi connectivity index (χ3n) is 30.0. The lowest BCUT2D eigenvalue weighted by atomic mass is 9.46. The summed E-state index contributed by atoms with van der Waals surface area (Å²) >= 11 is 3.76. The third kappa shape index (κ3) is 11.7. The zero-order valence-electron chi connectivity index (χ0n) is 61.9. The molecule has 15 unspecified atom stereocenters. The Labute approximate surface area is 635 Å². The van der Waals surface area contributed by atoms with Gasteiger partial charge in [0.05, 0.1) is 34.0 Å². The molecule has 18 rings (SSSR count). The standard InChI is InChI=1S/C30H34N2O4S.C28H32N2O4S.C27H30N2O5S/c1-17-20-6-4-5-7-23(20)32-27(31-17)37-16-25(35)30(36)13-11-22-21-9-8-18-14-19(33)10-12-28(18,2)26(21)24(34)15-29(22,30)3;1-26-11-9-17(31)13-16(26)7-8-18-19-10-12-28(34,27(19,2)14-22(32)24(18)26)23(33)15-35-25-29-20-5-3-4-6-21(20)30-25;1-25-9-7-16(30)12-15(25)5-6-17-18-8-10-27(33,26(18,2)13-19(31)22(17)25)21(32)14-35-24-29-23-20(34-24)4-3-11-28-23/h4-7,14,21-22,26,36H,1,8-13,15-16H2,2-3H3,(H,31,32);3-6,13,18-19,24,34H,7-12,14-15H2,1-2H3,(H,29,30);3-4,11-12,17-18,22,33H,5-10,13-14H2,1-2H3/t21?,22?,26?,28?,29?,30-;18?,19?,24?,26?,27?,28-;17?,18?,22?,25?,26?,27-/m000/s1. The molecular formula is C85H96N6O13S3. The SMILES string of the molecule is C=C1NC(SCC(=O)[C@@]2(O)CCC3C4CCC5=CC(=O)CCC5(C)C4C(=O)CC32C)=Nc2ccccc21.CC12CCC(=O)C=C1CCC1C2C(=O)CC2(C)C1CC[C@]2(O)C(=O)CSc1nc2ccccc2[nH]1.CC12CCC(=O)C=C1CCC1C2C(=O)CC2(C)C1CC[C@]2(O)C(=O)CSc1nc2ncccc2o1. The number of aromatic amines is 1. The van der Waals surface area contributed by atoms with Gasteiger partial charge in [0.1, 0.15) is 34.2 Å². The minimum Gasteiger partial charge on any atom is -0.430 e. The van der Waals surface area contributed by atoms with Crippen molar-refractivity contribution in [2.75, 3.05) is 17.3 Å². The maximum absolute atomic E-state index is 13.8. The lowest BCUT2D eigenvalue weighted by molar-refractivity contribution is -0.168. The van der Waals surface area contributed by atoms with Crippen LogP contribution < -0.4 is 5.32 Å². The number of benzene rings is 2. The number of fused-ring (bicyclic) bond motifs is 18. The number of aliphatic imine (C=N–C) groups is 1. The van der Waals surface area contributed by atoms with Crippen LogP contribution in [0.25, 0.3) is 28.0 Å². The molecule has 0 bridgehead atoms. The molecule has 2 aromatic carbocycles. The Morgan fingerprint density at radius 3 is 1.43 bits per heavy atom. The molecule has 13 aliphatic rings. The van der Waals surface area contributed by atoms with E-state index in [4.69, 9.17) is 4.42 Å². The van der Waals surface area contributed by atoms with E-state index in [2.05, 4.69) is 57.6 Å². The Kier molecular flexibility index (Phi) is 18.6. The van der Waals surface area contributed by atoms with Gasteiger partial charge in [-0.25, -0.2) is 15.0 Å². The molecule has 5 N–H and O–H groups in total. The molecule has 3 aromatic heterocycles. The summed E-state index contributed by atoms with van der Waals surface area (Å²) in [5.41, 5.74) is 0.959. The molecule has 107 heavy (non-hydrogen) atoms. The number of Topliss-reactive ketones (excluding diaryl/α,β-unsaturated/α-hetero) is 6. The van der Waals surface area contributed by atoms with Crippen LogP contribution in [0.2, 0.25) is 0 Å². The van der Waals surface area contributed by atoms with Crippen LogP contribution in [0.3, 0.4) is 0 Å². The average molecular weight is 1510 g/mol. The number of oxazole rings is 1. The smallest absolute Gasteiger partial charge is 0.258 e. The van der Waals surface area contributed by atoms with Gasteiger partial charge >= 0.3 is 0 Å². The number of hydrogen-bond donors (Lipinski definition) is 5. The largest absolute Gasteiger partial charge is 0.430 e. The molecule has 9 fully saturated rings. The zero-order chi connectivity index (χ0) is 75.3. The maximum atomic E-state index is 13.8. The van der Waals surface area contributed by atoms with Gasteiger partial charge in [-0.2, -0.15) is 4.98 Å². The highest BCUT2D eigenvalue weighted by atomic mass is 32.2. The van der Waals surface area contributed by atoms with E-state index in [1.54, 1.807) is 36.6 Å². The van der Waals surface area contributed by atoms with E-state index >= 15 is 0 Å². The first-order chi connectivity index (χ1) is 50.9. The van der Waals surface area contributed by atoms with Gasteiger partial charge in [-0.1, -0.05) is 130 Å². The minimum absolute atomic E-state index is 0.0284. The van der Waals surface area contributed by atoms with E-state index in [0.717, 1.165) is 127 Å². The van der Waals surface area contributed by atoms with Gasteiger partial charge in [-0.15, -0.1) is 0 Å². The van der Waals surface area contributed by atoms with Crippen molar-refractivity contribution in [3.05, 3.63) is 114 Å². The second kappa shape index (κ2) is 26.9. The van der Waals surface area contributed by atoms with Crippen molar-refractivity contribution in [3.63, 3.8) is 0 Å². The summed E-state index contributed by atoms with van der Waals surface area (Å²) in [6.45, 7) is 16.4. The Bertz CT molecular complexity index is 4540. The number of allylic oxidation sites excluding steroid dienone is 3. The van der Waals surface area contributed by atoms with Crippen molar-refractivity contribution >= 4 is 126 Å². The van der Waals surface area contributed by atoms with Crippen LogP contribution in [-0.4, -0.2) is 127 Å². The highest BCUT2D eigenvalue weighted by Gasteiger charge is 2.72. The number of amidine groups is 1. The number of nitrogens with one attached hydrogen (secondary N) is 2. The molecule has 0 saturated heterocycles. The van der Waals surface area contributed by atoms with Gasteiger partial charge in [0.2, 0.25) is 0 Å². The highest BCUT2D eigenvalue weighted by Crippen LogP contribution is 2.71. The van der Waals surface area contributed by atoms with Crippen molar-refractivity contribution < 1.29 is 62.9 Å². The molecule has 18 atom stereocenters. The molecule has 5 aromatic rings. The summed E-state index contributed by atoms with van der Waals surface area (Å²) in [5.74, 6) is 0.890. The zero-order valence-corrected chi connectivity index (χ0v) is 64.3. The number of thioether (sulfide) groups is 3. The number of aromatic nitrogens is 4. The predicted octanol–water partition coefficient (Wildman–Crippen LogP) is 14.0. The minimum atomic E-state index is -1.55. The lowest BCUT2D eigenvalue weighted by Gasteiger charge is -2.57. The number of nitrogens with zero attached hydrogens (tertiary/aromatic N) is 4. The number of rotatable bonds is 11. The summed E-state index contributed by atoms with van der Waals surface area (Å²) in [6, 6.07) is 19.0. The highest BCUT2D eigenvalue weighted by molar-refractivity contribution is 8.14. The molecule has 0 amide bonds. The van der Waals surface area contributed by atoms with Crippen LogP contribution in [0, 0.1) is 85.8 Å². The molecule has 0 spiro atoms. The van der Waals surface area contributed by atoms with Crippen LogP contribution in [0.15, 0.2) is 128 Å². The normalized spacial score (nSPS) is 38.6. The number of aliphatic hydroxyl groups is 3. The van der Waals surface area contributed by atoms with E-state index in [1.807, 2.05) is 69.3 Å². The number of pyridine rings is 1. The number of hydrogen-bond acceptors (Lipinski definition) is 21. The van der Waals surface area contributed by atoms with E-state index < -0.39 is 33.0 Å². The second-order valence-corrected chi connectivity index (χ2v) is 37.8. The Balaban J connectivity index is 0.000000123. The molecule has 9 saturated carbocycles. The monoisotopic (exact) mass is 1500 g/mol. The number of carbonyl (C=O) groups is 9. The Morgan fingerprint density at radius 2 is 0.963 bits per heavy atom. The fourth-order valence-electron chi connectivity index (χ4n) is 24.3. The maximum Gasteiger partial charge on any atom is 0.258 e. The molecule has 22 heteroatoms. The summed E-state index contributed by atoms with van der Waals surface area (Å²) < 4.78 is 5.67. The summed E-state index contributed by atoms with van der Waals surface area (Å²) in [7, 11) is 0. The molecule has 1 aliphatic heterocycles. The van der Waals surface area contributed by atoms with Crippen molar-refractivity contribution in [1.82, 2.24) is 25.3 Å². The van der Waals surface area contributed by atoms with E-state index in [1.165, 1.54) is 23.5 Å². The molecule has 19 nitrogen and oxygen atoms in total. The third-order valence-corrected chi connectivity index (χ3v) is 32.6. The van der Waals surface area contributed by atoms with Crippen molar-refractivity contribution in [3.8, 4) is 0 Å². The number of carbonyl (C=O) groups excluding carboxylic acids is 9. The van der Waals surface area contributed by atoms with Gasteiger partial charge < -0.3 is 30.0 Å². The van der Waals surface area contributed by atoms with Gasteiger partial charge in [0.15, 0.2) is 56.3 Å². The van der Waals surface area contributed by atoms with E-state index in [-0.39, 0.29) is 158 Å². The molecule has 562 valence electrons. The van der Waals surface area contributed by atoms with Gasteiger partial charge in [0, 0.05) is 90.0 Å². The predicted molar refractivity (Wildman–Crippen MR) is 409 cm³/mol. The van der Waals surface area contributed by atoms with E-state index in [9.17, 15) is 58.5 Å². The second-order valence-electron chi connectivity index (χ2n) is 34.9. The van der Waals surface area contributed by atoms with Crippen LogP contribution in [0.5, 0.6) is 0 Å². The van der Waals surface area contributed by atoms with Gasteiger partial charge in [-0.3, -0.25) is 43.2 Å². The molecule has 4 heterocycles. The Hall–Kier alpha value is -7.08. The number of para-hydroxylation sites is 3. The number of imidazole rings is 1. The first kappa shape index (κ1) is 74.0. The fraction of sp³-hybridized carbons (Fsp3) is 0.565. The average Bonchev–Trinajstić information content (AvgIpc) is 1.63. The number of H-pyrrole nitrogens is 1. The van der Waals surface area contributed by atoms with Crippen LogP contribution >= 0.6 is 35.3 Å². The lowest BCUT2D eigenvalue weighted by Crippen LogP contribution is -2.60. The first-order valence-electron chi connectivity index (χ1n) is 38.6. The molecular weight excluding hydrogens is 1410 g/mol. The van der Waals surface area contributed by atoms with Crippen LogP contribution in [0.4, 0.5) is 5.69 Å².